The Labute approximate surface area is 82.9 Å². The molecular weight excluding hydrogens is 160 g/mol. The van der Waals surface area contributed by atoms with Gasteiger partial charge in [-0.15, -0.1) is 0 Å². The Bertz CT molecular complexity index is 114. The molecule has 1 saturated carbocycles. The lowest BCUT2D eigenvalue weighted by Gasteiger charge is -2.22. The minimum Gasteiger partial charge on any atom is -0.369 e. The fourth-order valence-electron chi connectivity index (χ4n) is 1.90. The van der Waals surface area contributed by atoms with Crippen LogP contribution in [0.3, 0.4) is 0 Å². The van der Waals surface area contributed by atoms with E-state index in [1.807, 2.05) is 0 Å². The Morgan fingerprint density at radius 2 is 1.62 bits per heavy atom. The fraction of sp³-hybridized carbons (Fsp3) is 0.917. The predicted octanol–water partition coefficient (Wildman–Crippen LogP) is 4.08. The molecule has 1 nitrogen and oxygen atoms in total. The van der Waals surface area contributed by atoms with Crippen molar-refractivity contribution in [2.75, 3.05) is 0 Å². The zero-order valence-corrected chi connectivity index (χ0v) is 9.14. The molecule has 0 amide bonds. The first-order valence-electron chi connectivity index (χ1n) is 5.82. The molecule has 0 aromatic heterocycles. The Balaban J connectivity index is 2.21. The van der Waals surface area contributed by atoms with Crippen molar-refractivity contribution in [2.45, 2.75) is 71.3 Å². The zero-order valence-electron chi connectivity index (χ0n) is 9.14. The summed E-state index contributed by atoms with van der Waals surface area (Å²) in [6, 6.07) is 0. The standard InChI is InChI=1S/C12H23O/c1-3-11(2)13-12-9-7-5-4-6-8-10-12/h12H,3-10H2,1-2H3. The molecule has 13 heavy (non-hydrogen) atoms. The highest BCUT2D eigenvalue weighted by molar-refractivity contribution is 4.73. The first-order valence-corrected chi connectivity index (χ1v) is 5.82. The van der Waals surface area contributed by atoms with E-state index in [0.717, 1.165) is 6.42 Å². The fourth-order valence-corrected chi connectivity index (χ4v) is 1.90. The number of hydrogen-bond donors (Lipinski definition) is 0. The van der Waals surface area contributed by atoms with Gasteiger partial charge in [-0.05, 0) is 26.2 Å². The SMILES string of the molecule is CC[C](C)OC1CCCCCCC1. The van der Waals surface area contributed by atoms with Crippen molar-refractivity contribution in [1.82, 2.24) is 0 Å². The van der Waals surface area contributed by atoms with Crippen molar-refractivity contribution in [3.8, 4) is 0 Å². The van der Waals surface area contributed by atoms with Crippen LogP contribution in [-0.2, 0) is 4.74 Å². The number of rotatable bonds is 3. The van der Waals surface area contributed by atoms with Crippen LogP contribution >= 0.6 is 0 Å². The van der Waals surface area contributed by atoms with Crippen molar-refractivity contribution in [3.05, 3.63) is 6.10 Å². The molecule has 0 unspecified atom stereocenters. The summed E-state index contributed by atoms with van der Waals surface area (Å²) in [5, 5.41) is 0. The second-order valence-electron chi connectivity index (χ2n) is 4.14. The highest BCUT2D eigenvalue weighted by Gasteiger charge is 2.14. The van der Waals surface area contributed by atoms with Gasteiger partial charge in [0.05, 0.1) is 12.2 Å². The number of hydrogen-bond acceptors (Lipinski definition) is 1. The highest BCUT2D eigenvalue weighted by atomic mass is 16.5. The predicted molar refractivity (Wildman–Crippen MR) is 56.4 cm³/mol. The van der Waals surface area contributed by atoms with E-state index >= 15 is 0 Å². The molecular formula is C12H23O. The molecule has 1 heteroatoms. The average Bonchev–Trinajstić information content (AvgIpc) is 2.09. The molecule has 0 spiro atoms. The van der Waals surface area contributed by atoms with Gasteiger partial charge in [-0.25, -0.2) is 0 Å². The molecule has 0 heterocycles. The maximum atomic E-state index is 5.89. The smallest absolute Gasteiger partial charge is 0.0941 e. The van der Waals surface area contributed by atoms with Crippen LogP contribution < -0.4 is 0 Å². The van der Waals surface area contributed by atoms with Crippen LogP contribution in [0.2, 0.25) is 0 Å². The van der Waals surface area contributed by atoms with E-state index in [1.165, 1.54) is 51.0 Å². The van der Waals surface area contributed by atoms with Gasteiger partial charge in [-0.2, -0.15) is 0 Å². The van der Waals surface area contributed by atoms with Crippen molar-refractivity contribution < 1.29 is 4.74 Å². The van der Waals surface area contributed by atoms with Crippen LogP contribution in [0.5, 0.6) is 0 Å². The van der Waals surface area contributed by atoms with Gasteiger partial charge in [0.25, 0.3) is 0 Å². The van der Waals surface area contributed by atoms with Crippen LogP contribution in [0, 0.1) is 6.10 Å². The Kier molecular flexibility index (Phi) is 5.45. The molecule has 77 valence electrons. The summed E-state index contributed by atoms with van der Waals surface area (Å²) >= 11 is 0. The second-order valence-corrected chi connectivity index (χ2v) is 4.14. The average molecular weight is 183 g/mol. The summed E-state index contributed by atoms with van der Waals surface area (Å²) < 4.78 is 5.89. The summed E-state index contributed by atoms with van der Waals surface area (Å²) in [7, 11) is 0. The molecule has 1 aliphatic carbocycles. The van der Waals surface area contributed by atoms with Crippen molar-refractivity contribution in [2.24, 2.45) is 0 Å². The lowest BCUT2D eigenvalue weighted by atomic mass is 9.98. The van der Waals surface area contributed by atoms with Gasteiger partial charge in [0.2, 0.25) is 0 Å². The van der Waals surface area contributed by atoms with Crippen molar-refractivity contribution in [3.63, 3.8) is 0 Å². The number of ether oxygens (including phenoxy) is 1. The van der Waals surface area contributed by atoms with E-state index in [4.69, 9.17) is 4.74 Å². The van der Waals surface area contributed by atoms with E-state index in [1.54, 1.807) is 0 Å². The van der Waals surface area contributed by atoms with Crippen LogP contribution in [-0.4, -0.2) is 6.10 Å². The first kappa shape index (κ1) is 11.0. The van der Waals surface area contributed by atoms with Crippen molar-refractivity contribution >= 4 is 0 Å². The van der Waals surface area contributed by atoms with Crippen LogP contribution in [0.1, 0.15) is 65.2 Å². The van der Waals surface area contributed by atoms with Gasteiger partial charge >= 0.3 is 0 Å². The summed E-state index contributed by atoms with van der Waals surface area (Å²) in [5.74, 6) is 0. The molecule has 0 N–H and O–H groups in total. The third-order valence-corrected chi connectivity index (χ3v) is 2.92. The van der Waals surface area contributed by atoms with E-state index in [2.05, 4.69) is 13.8 Å². The quantitative estimate of drug-likeness (QED) is 0.640. The molecule has 1 aliphatic rings. The van der Waals surface area contributed by atoms with E-state index < -0.39 is 0 Å². The molecule has 1 fully saturated rings. The molecule has 0 bridgehead atoms. The Morgan fingerprint density at radius 1 is 1.08 bits per heavy atom. The van der Waals surface area contributed by atoms with Gasteiger partial charge in [0, 0.05) is 0 Å². The van der Waals surface area contributed by atoms with Crippen LogP contribution in [0.15, 0.2) is 0 Å². The van der Waals surface area contributed by atoms with Gasteiger partial charge < -0.3 is 4.74 Å². The maximum absolute atomic E-state index is 5.89. The van der Waals surface area contributed by atoms with Crippen molar-refractivity contribution in [1.29, 1.82) is 0 Å². The maximum Gasteiger partial charge on any atom is 0.0941 e. The van der Waals surface area contributed by atoms with Crippen LogP contribution in [0.4, 0.5) is 0 Å². The highest BCUT2D eigenvalue weighted by Crippen LogP contribution is 2.22. The minimum absolute atomic E-state index is 0.528. The normalized spacial score (nSPS) is 21.5. The van der Waals surface area contributed by atoms with E-state index in [0.29, 0.717) is 6.10 Å². The lowest BCUT2D eigenvalue weighted by molar-refractivity contribution is 0.0446. The first-order chi connectivity index (χ1) is 6.33. The van der Waals surface area contributed by atoms with Crippen LogP contribution in [0.25, 0.3) is 0 Å². The third-order valence-electron chi connectivity index (χ3n) is 2.92. The minimum atomic E-state index is 0.528. The summed E-state index contributed by atoms with van der Waals surface area (Å²) in [5.41, 5.74) is 0. The topological polar surface area (TPSA) is 9.23 Å². The summed E-state index contributed by atoms with van der Waals surface area (Å²) in [4.78, 5) is 0. The molecule has 0 atom stereocenters. The van der Waals surface area contributed by atoms with Gasteiger partial charge in [-0.3, -0.25) is 0 Å². The second kappa shape index (κ2) is 6.42. The summed E-state index contributed by atoms with van der Waals surface area (Å²) in [6.45, 7) is 4.27. The molecule has 0 saturated heterocycles. The third kappa shape index (κ3) is 4.66. The molecule has 0 aromatic rings. The van der Waals surface area contributed by atoms with E-state index in [9.17, 15) is 0 Å². The molecule has 0 aliphatic heterocycles. The molecule has 0 aromatic carbocycles. The van der Waals surface area contributed by atoms with Gasteiger partial charge in [0.1, 0.15) is 0 Å². The van der Waals surface area contributed by atoms with Gasteiger partial charge in [0.15, 0.2) is 0 Å². The lowest BCUT2D eigenvalue weighted by Crippen LogP contribution is -2.16. The zero-order chi connectivity index (χ0) is 9.52. The van der Waals surface area contributed by atoms with E-state index in [-0.39, 0.29) is 0 Å². The Hall–Kier alpha value is -0.0400. The summed E-state index contributed by atoms with van der Waals surface area (Å²) in [6.07, 6.45) is 12.3. The largest absolute Gasteiger partial charge is 0.369 e. The monoisotopic (exact) mass is 183 g/mol. The Morgan fingerprint density at radius 3 is 2.15 bits per heavy atom. The molecule has 1 rings (SSSR count). The molecule has 1 radical (unpaired) electrons. The van der Waals surface area contributed by atoms with Gasteiger partial charge in [-0.1, -0.05) is 39.0 Å².